The standard InChI is InChI=1S/C13H11FN4O/c1-7-3-9(5-15)4-8(2)11(7)19-12-10(14)6-17-13(16)18-12/h3-4,6H,1-2H3,(H2,16,17,18). The van der Waals surface area contributed by atoms with Crippen LogP contribution in [0.15, 0.2) is 18.3 Å². The van der Waals surface area contributed by atoms with Gasteiger partial charge >= 0.3 is 0 Å². The number of nitriles is 1. The first-order valence-corrected chi connectivity index (χ1v) is 5.48. The number of aryl methyl sites for hydroxylation is 2. The number of halogens is 1. The van der Waals surface area contributed by atoms with E-state index in [9.17, 15) is 4.39 Å². The van der Waals surface area contributed by atoms with Crippen LogP contribution in [-0.2, 0) is 0 Å². The van der Waals surface area contributed by atoms with Crippen LogP contribution in [0.4, 0.5) is 10.3 Å². The highest BCUT2D eigenvalue weighted by Crippen LogP contribution is 2.30. The molecule has 0 aliphatic heterocycles. The molecule has 19 heavy (non-hydrogen) atoms. The lowest BCUT2D eigenvalue weighted by Gasteiger charge is -2.11. The van der Waals surface area contributed by atoms with E-state index in [-0.39, 0.29) is 11.8 Å². The second-order valence-electron chi connectivity index (χ2n) is 4.03. The molecule has 1 heterocycles. The normalized spacial score (nSPS) is 10.0. The lowest BCUT2D eigenvalue weighted by molar-refractivity contribution is 0.416. The summed E-state index contributed by atoms with van der Waals surface area (Å²) in [7, 11) is 0. The van der Waals surface area contributed by atoms with E-state index in [0.717, 1.165) is 6.20 Å². The molecule has 0 fully saturated rings. The molecule has 0 saturated carbocycles. The van der Waals surface area contributed by atoms with Gasteiger partial charge in [0.15, 0.2) is 0 Å². The Labute approximate surface area is 109 Å². The highest BCUT2D eigenvalue weighted by Gasteiger charge is 2.12. The molecule has 0 spiro atoms. The minimum absolute atomic E-state index is 0.0691. The fourth-order valence-electron chi connectivity index (χ4n) is 1.71. The first-order chi connectivity index (χ1) is 9.01. The van der Waals surface area contributed by atoms with E-state index >= 15 is 0 Å². The monoisotopic (exact) mass is 258 g/mol. The second kappa shape index (κ2) is 4.90. The summed E-state index contributed by atoms with van der Waals surface area (Å²) >= 11 is 0. The van der Waals surface area contributed by atoms with E-state index < -0.39 is 5.82 Å². The average molecular weight is 258 g/mol. The van der Waals surface area contributed by atoms with Gasteiger partial charge < -0.3 is 10.5 Å². The number of nitrogens with two attached hydrogens (primary N) is 1. The quantitative estimate of drug-likeness (QED) is 0.894. The number of ether oxygens (including phenoxy) is 1. The molecule has 0 radical (unpaired) electrons. The number of hydrogen-bond acceptors (Lipinski definition) is 5. The topological polar surface area (TPSA) is 84.8 Å². The van der Waals surface area contributed by atoms with E-state index in [1.807, 2.05) is 6.07 Å². The third kappa shape index (κ3) is 2.60. The van der Waals surface area contributed by atoms with Crippen molar-refractivity contribution in [2.75, 3.05) is 5.73 Å². The Morgan fingerprint density at radius 2 is 1.95 bits per heavy atom. The van der Waals surface area contributed by atoms with Crippen molar-refractivity contribution in [1.82, 2.24) is 9.97 Å². The Kier molecular flexibility index (Phi) is 3.29. The highest BCUT2D eigenvalue weighted by molar-refractivity contribution is 5.48. The van der Waals surface area contributed by atoms with Crippen molar-refractivity contribution in [3.63, 3.8) is 0 Å². The summed E-state index contributed by atoms with van der Waals surface area (Å²) in [5.41, 5.74) is 7.34. The summed E-state index contributed by atoms with van der Waals surface area (Å²) in [6, 6.07) is 5.36. The maximum absolute atomic E-state index is 13.5. The Bertz CT molecular complexity index is 656. The summed E-state index contributed by atoms with van der Waals surface area (Å²) in [5, 5.41) is 8.86. The predicted molar refractivity (Wildman–Crippen MR) is 67.1 cm³/mol. The zero-order chi connectivity index (χ0) is 14.0. The van der Waals surface area contributed by atoms with Gasteiger partial charge in [-0.25, -0.2) is 4.98 Å². The average Bonchev–Trinajstić information content (AvgIpc) is 2.37. The molecular formula is C13H11FN4O. The number of nitrogen functional groups attached to an aromatic ring is 1. The summed E-state index contributed by atoms with van der Waals surface area (Å²) in [6.07, 6.45) is 0.950. The van der Waals surface area contributed by atoms with E-state index in [0.29, 0.717) is 22.4 Å². The Morgan fingerprint density at radius 3 is 2.53 bits per heavy atom. The third-order valence-electron chi connectivity index (χ3n) is 2.52. The second-order valence-corrected chi connectivity index (χ2v) is 4.03. The molecule has 5 nitrogen and oxygen atoms in total. The maximum atomic E-state index is 13.5. The van der Waals surface area contributed by atoms with Crippen LogP contribution in [-0.4, -0.2) is 9.97 Å². The van der Waals surface area contributed by atoms with Gasteiger partial charge in [0.25, 0.3) is 5.88 Å². The largest absolute Gasteiger partial charge is 0.436 e. The van der Waals surface area contributed by atoms with Crippen LogP contribution in [0.5, 0.6) is 11.6 Å². The molecule has 2 N–H and O–H groups in total. The Hall–Kier alpha value is -2.68. The van der Waals surface area contributed by atoms with Crippen LogP contribution < -0.4 is 10.5 Å². The van der Waals surface area contributed by atoms with E-state index in [1.54, 1.807) is 26.0 Å². The van der Waals surface area contributed by atoms with Gasteiger partial charge in [-0.2, -0.15) is 14.6 Å². The number of nitrogens with zero attached hydrogens (tertiary/aromatic N) is 3. The van der Waals surface area contributed by atoms with E-state index in [1.165, 1.54) is 0 Å². The minimum atomic E-state index is -0.697. The first kappa shape index (κ1) is 12.8. The number of aromatic nitrogens is 2. The molecule has 0 aliphatic rings. The van der Waals surface area contributed by atoms with Crippen LogP contribution >= 0.6 is 0 Å². The Balaban J connectivity index is 2.44. The molecule has 0 amide bonds. The molecule has 96 valence electrons. The van der Waals surface area contributed by atoms with Gasteiger partial charge in [-0.15, -0.1) is 0 Å². The number of benzene rings is 1. The molecule has 0 bridgehead atoms. The molecule has 2 aromatic rings. The van der Waals surface area contributed by atoms with Gasteiger partial charge in [0.2, 0.25) is 11.8 Å². The van der Waals surface area contributed by atoms with E-state index in [4.69, 9.17) is 15.7 Å². The molecule has 0 saturated heterocycles. The fourth-order valence-corrected chi connectivity index (χ4v) is 1.71. The van der Waals surface area contributed by atoms with Gasteiger partial charge in [-0.3, -0.25) is 0 Å². The molecular weight excluding hydrogens is 247 g/mol. The lowest BCUT2D eigenvalue weighted by Crippen LogP contribution is -2.01. The minimum Gasteiger partial charge on any atom is -0.436 e. The van der Waals surface area contributed by atoms with Crippen LogP contribution in [0.3, 0.4) is 0 Å². The lowest BCUT2D eigenvalue weighted by atomic mass is 10.1. The molecule has 6 heteroatoms. The smallest absolute Gasteiger partial charge is 0.260 e. The van der Waals surface area contributed by atoms with Crippen molar-refractivity contribution in [2.45, 2.75) is 13.8 Å². The highest BCUT2D eigenvalue weighted by atomic mass is 19.1. The van der Waals surface area contributed by atoms with Crippen LogP contribution in [0.2, 0.25) is 0 Å². The first-order valence-electron chi connectivity index (χ1n) is 5.48. The summed E-state index contributed by atoms with van der Waals surface area (Å²) in [5.74, 6) is -0.544. The number of anilines is 1. The van der Waals surface area contributed by atoms with Crippen molar-refractivity contribution in [2.24, 2.45) is 0 Å². The van der Waals surface area contributed by atoms with Gasteiger partial charge in [0, 0.05) is 0 Å². The number of rotatable bonds is 2. The number of hydrogen-bond donors (Lipinski definition) is 1. The Morgan fingerprint density at radius 1 is 1.32 bits per heavy atom. The van der Waals surface area contributed by atoms with Crippen LogP contribution in [0, 0.1) is 31.0 Å². The van der Waals surface area contributed by atoms with Crippen LogP contribution in [0.25, 0.3) is 0 Å². The molecule has 0 unspecified atom stereocenters. The van der Waals surface area contributed by atoms with Gasteiger partial charge in [-0.1, -0.05) is 0 Å². The third-order valence-corrected chi connectivity index (χ3v) is 2.52. The zero-order valence-electron chi connectivity index (χ0n) is 10.4. The summed E-state index contributed by atoms with van der Waals surface area (Å²) in [6.45, 7) is 3.54. The maximum Gasteiger partial charge on any atom is 0.260 e. The van der Waals surface area contributed by atoms with Gasteiger partial charge in [0.1, 0.15) is 5.75 Å². The van der Waals surface area contributed by atoms with Crippen molar-refractivity contribution in [3.8, 4) is 17.7 Å². The van der Waals surface area contributed by atoms with Crippen molar-refractivity contribution in [1.29, 1.82) is 5.26 Å². The van der Waals surface area contributed by atoms with Crippen molar-refractivity contribution < 1.29 is 9.13 Å². The molecule has 1 aromatic heterocycles. The molecule has 0 aliphatic carbocycles. The van der Waals surface area contributed by atoms with Crippen molar-refractivity contribution >= 4 is 5.95 Å². The summed E-state index contributed by atoms with van der Waals surface area (Å²) < 4.78 is 18.9. The SMILES string of the molecule is Cc1cc(C#N)cc(C)c1Oc1nc(N)ncc1F. The molecule has 1 aromatic carbocycles. The van der Waals surface area contributed by atoms with Crippen LogP contribution in [0.1, 0.15) is 16.7 Å². The predicted octanol–water partition coefficient (Wildman–Crippen LogP) is 2.48. The summed E-state index contributed by atoms with van der Waals surface area (Å²) in [4.78, 5) is 7.22. The van der Waals surface area contributed by atoms with E-state index in [2.05, 4.69) is 9.97 Å². The van der Waals surface area contributed by atoms with Crippen molar-refractivity contribution in [3.05, 3.63) is 40.8 Å². The zero-order valence-corrected chi connectivity index (χ0v) is 10.4. The molecule has 0 atom stereocenters. The fraction of sp³-hybridized carbons (Fsp3) is 0.154. The van der Waals surface area contributed by atoms with Gasteiger partial charge in [-0.05, 0) is 37.1 Å². The van der Waals surface area contributed by atoms with Gasteiger partial charge in [0.05, 0.1) is 17.8 Å². The molecule has 2 rings (SSSR count).